The molecule has 1 aliphatic heterocycles. The molecule has 4 rings (SSSR count). The van der Waals surface area contributed by atoms with E-state index in [-0.39, 0.29) is 12.1 Å². The van der Waals surface area contributed by atoms with Gasteiger partial charge in [-0.2, -0.15) is 0 Å². The third-order valence-corrected chi connectivity index (χ3v) is 5.08. The lowest BCUT2D eigenvalue weighted by Gasteiger charge is -2.26. The maximum Gasteiger partial charge on any atom is 0.320 e. The molecular formula is C22H22N2O. The number of nitrogens with zero attached hydrogens (tertiary/aromatic N) is 2. The Kier molecular flexibility index (Phi) is 4.14. The molecule has 3 nitrogen and oxygen atoms in total. The van der Waals surface area contributed by atoms with E-state index < -0.39 is 0 Å². The summed E-state index contributed by atoms with van der Waals surface area (Å²) in [5.41, 5.74) is 2.39. The quantitative estimate of drug-likeness (QED) is 0.671. The molecule has 0 radical (unpaired) electrons. The first-order chi connectivity index (χ1) is 12.2. The molecule has 1 saturated heterocycles. The molecule has 0 aliphatic carbocycles. The highest BCUT2D eigenvalue weighted by atomic mass is 16.2. The van der Waals surface area contributed by atoms with Gasteiger partial charge in [0.25, 0.3) is 0 Å². The van der Waals surface area contributed by atoms with Gasteiger partial charge in [-0.3, -0.25) is 0 Å². The van der Waals surface area contributed by atoms with Crippen LogP contribution in [0.3, 0.4) is 0 Å². The van der Waals surface area contributed by atoms with Crippen LogP contribution in [0.2, 0.25) is 0 Å². The largest absolute Gasteiger partial charge is 0.320 e. The van der Waals surface area contributed by atoms with Crippen molar-refractivity contribution >= 4 is 16.8 Å². The fraction of sp³-hybridized carbons (Fsp3) is 0.227. The van der Waals surface area contributed by atoms with Gasteiger partial charge in [-0.1, -0.05) is 72.8 Å². The van der Waals surface area contributed by atoms with Crippen molar-refractivity contribution in [2.75, 3.05) is 13.1 Å². The molecule has 0 spiro atoms. The summed E-state index contributed by atoms with van der Waals surface area (Å²) in [7, 11) is 0. The number of fused-ring (bicyclic) bond motifs is 1. The fourth-order valence-corrected chi connectivity index (χ4v) is 3.69. The van der Waals surface area contributed by atoms with E-state index in [0.29, 0.717) is 6.54 Å². The van der Waals surface area contributed by atoms with Gasteiger partial charge in [0.15, 0.2) is 0 Å². The second kappa shape index (κ2) is 6.60. The van der Waals surface area contributed by atoms with E-state index in [4.69, 9.17) is 0 Å². The van der Waals surface area contributed by atoms with Crippen LogP contribution in [-0.4, -0.2) is 28.9 Å². The minimum atomic E-state index is 0.0689. The van der Waals surface area contributed by atoms with Crippen molar-refractivity contribution in [1.29, 1.82) is 0 Å². The van der Waals surface area contributed by atoms with E-state index in [0.717, 1.165) is 13.1 Å². The van der Waals surface area contributed by atoms with Gasteiger partial charge in [0.1, 0.15) is 0 Å². The lowest BCUT2D eigenvalue weighted by Crippen LogP contribution is -2.33. The normalized spacial score (nSPS) is 15.8. The highest BCUT2D eigenvalue weighted by Crippen LogP contribution is 2.30. The van der Waals surface area contributed by atoms with Gasteiger partial charge in [0.05, 0.1) is 6.04 Å². The molecule has 0 saturated carbocycles. The smallest absolute Gasteiger partial charge is 0.319 e. The van der Waals surface area contributed by atoms with Crippen molar-refractivity contribution in [3.8, 4) is 0 Å². The van der Waals surface area contributed by atoms with Crippen LogP contribution < -0.4 is 0 Å². The van der Waals surface area contributed by atoms with E-state index in [1.807, 2.05) is 28.0 Å². The molecule has 3 aromatic rings. The van der Waals surface area contributed by atoms with E-state index >= 15 is 0 Å². The van der Waals surface area contributed by atoms with Crippen LogP contribution in [0, 0.1) is 0 Å². The summed E-state index contributed by atoms with van der Waals surface area (Å²) in [5.74, 6) is 0. The highest BCUT2D eigenvalue weighted by molar-refractivity contribution is 5.87. The first-order valence-electron chi connectivity index (χ1n) is 8.81. The number of carbonyl (C=O) groups excluding carboxylic acids is 1. The highest BCUT2D eigenvalue weighted by Gasteiger charge is 2.32. The molecule has 1 fully saturated rings. The molecule has 1 heterocycles. The minimum absolute atomic E-state index is 0.0689. The molecular weight excluding hydrogens is 308 g/mol. The predicted octanol–water partition coefficient (Wildman–Crippen LogP) is 4.84. The first-order valence-corrected chi connectivity index (χ1v) is 8.81. The number of hydrogen-bond donors (Lipinski definition) is 0. The second-order valence-corrected chi connectivity index (χ2v) is 6.63. The van der Waals surface area contributed by atoms with Crippen molar-refractivity contribution < 1.29 is 4.79 Å². The first kappa shape index (κ1) is 15.7. The van der Waals surface area contributed by atoms with Gasteiger partial charge in [-0.15, -0.1) is 0 Å². The summed E-state index contributed by atoms with van der Waals surface area (Å²) in [6.07, 6.45) is 0. The van der Waals surface area contributed by atoms with Crippen molar-refractivity contribution in [2.45, 2.75) is 19.5 Å². The predicted molar refractivity (Wildman–Crippen MR) is 101 cm³/mol. The molecule has 0 aromatic heterocycles. The summed E-state index contributed by atoms with van der Waals surface area (Å²) >= 11 is 0. The van der Waals surface area contributed by atoms with E-state index in [1.54, 1.807) is 0 Å². The Balaban J connectivity index is 1.56. The fourth-order valence-electron chi connectivity index (χ4n) is 3.69. The Morgan fingerprint density at radius 1 is 0.880 bits per heavy atom. The van der Waals surface area contributed by atoms with Crippen LogP contribution in [0.15, 0.2) is 72.8 Å². The van der Waals surface area contributed by atoms with E-state index in [2.05, 4.69) is 61.5 Å². The molecule has 3 aromatic carbocycles. The zero-order valence-corrected chi connectivity index (χ0v) is 14.4. The summed E-state index contributed by atoms with van der Waals surface area (Å²) in [5, 5.41) is 2.45. The van der Waals surface area contributed by atoms with Crippen molar-refractivity contribution in [3.05, 3.63) is 83.9 Å². The van der Waals surface area contributed by atoms with Gasteiger partial charge in [-0.25, -0.2) is 4.79 Å². The molecule has 0 bridgehead atoms. The van der Waals surface area contributed by atoms with E-state index in [9.17, 15) is 4.79 Å². The van der Waals surface area contributed by atoms with Crippen LogP contribution in [0.5, 0.6) is 0 Å². The molecule has 2 amide bonds. The number of amides is 2. The topological polar surface area (TPSA) is 23.6 Å². The SMILES string of the molecule is C[C@@H](c1cccc2ccccc12)N1CCN(Cc2ccccc2)C1=O. The van der Waals surface area contributed by atoms with Crippen LogP contribution in [0.25, 0.3) is 10.8 Å². The number of benzene rings is 3. The second-order valence-electron chi connectivity index (χ2n) is 6.63. The summed E-state index contributed by atoms with van der Waals surface area (Å²) in [4.78, 5) is 16.8. The average molecular weight is 330 g/mol. The monoisotopic (exact) mass is 330 g/mol. The van der Waals surface area contributed by atoms with Crippen molar-refractivity contribution in [1.82, 2.24) is 9.80 Å². The van der Waals surface area contributed by atoms with Gasteiger partial charge in [0, 0.05) is 19.6 Å². The molecule has 126 valence electrons. The molecule has 3 heteroatoms. The van der Waals surface area contributed by atoms with Crippen molar-refractivity contribution in [3.63, 3.8) is 0 Å². The summed E-state index contributed by atoms with van der Waals surface area (Å²) < 4.78 is 0. The van der Waals surface area contributed by atoms with E-state index in [1.165, 1.54) is 21.9 Å². The number of rotatable bonds is 4. The average Bonchev–Trinajstić information content (AvgIpc) is 3.02. The maximum absolute atomic E-state index is 12.9. The lowest BCUT2D eigenvalue weighted by molar-refractivity contribution is 0.179. The maximum atomic E-state index is 12.9. The van der Waals surface area contributed by atoms with Crippen LogP contribution in [0.1, 0.15) is 24.1 Å². The van der Waals surface area contributed by atoms with Crippen molar-refractivity contribution in [2.24, 2.45) is 0 Å². The molecule has 25 heavy (non-hydrogen) atoms. The molecule has 1 aliphatic rings. The number of urea groups is 1. The van der Waals surface area contributed by atoms with Gasteiger partial charge in [0.2, 0.25) is 0 Å². The zero-order valence-electron chi connectivity index (χ0n) is 14.4. The van der Waals surface area contributed by atoms with Gasteiger partial charge < -0.3 is 9.80 Å². The van der Waals surface area contributed by atoms with Gasteiger partial charge >= 0.3 is 6.03 Å². The molecule has 0 unspecified atom stereocenters. The standard InChI is InChI=1S/C22H22N2O/c1-17(20-13-7-11-19-10-5-6-12-21(19)20)24-15-14-23(22(24)25)16-18-8-3-2-4-9-18/h2-13,17H,14-16H2,1H3/t17-/m0/s1. The summed E-state index contributed by atoms with van der Waals surface area (Å²) in [6, 6.07) is 25.1. The number of carbonyl (C=O) groups is 1. The molecule has 0 N–H and O–H groups in total. The third kappa shape index (κ3) is 2.98. The van der Waals surface area contributed by atoms with Crippen LogP contribution in [0.4, 0.5) is 4.79 Å². The Morgan fingerprint density at radius 3 is 2.44 bits per heavy atom. The third-order valence-electron chi connectivity index (χ3n) is 5.08. The van der Waals surface area contributed by atoms with Crippen LogP contribution in [-0.2, 0) is 6.54 Å². The van der Waals surface area contributed by atoms with Crippen LogP contribution >= 0.6 is 0 Å². The number of hydrogen-bond acceptors (Lipinski definition) is 1. The Bertz CT molecular complexity index is 885. The van der Waals surface area contributed by atoms with Gasteiger partial charge in [-0.05, 0) is 28.8 Å². The Morgan fingerprint density at radius 2 is 1.60 bits per heavy atom. The Hall–Kier alpha value is -2.81. The lowest BCUT2D eigenvalue weighted by atomic mass is 9.99. The summed E-state index contributed by atoms with van der Waals surface area (Å²) in [6.45, 7) is 4.36. The molecule has 1 atom stereocenters. The Labute approximate surface area is 148 Å². The minimum Gasteiger partial charge on any atom is -0.319 e. The zero-order chi connectivity index (χ0) is 17.2.